The van der Waals surface area contributed by atoms with Crippen LogP contribution >= 0.6 is 0 Å². The molecule has 144 valence electrons. The standard InChI is InChI=1S/C21H27N3O3/c1-15(26)24(10-11-27-2)13-19-21(20(14-25)23-19)17-7-5-16(6-8-17)18-4-3-9-22-12-18/h3-9,12,19-21,23,25H,10-11,13-14H2,1-2H3/t19-,20-,21-/m1/s1. The van der Waals surface area contributed by atoms with Crippen LogP contribution in [0.15, 0.2) is 48.8 Å². The van der Waals surface area contributed by atoms with E-state index in [0.29, 0.717) is 19.7 Å². The van der Waals surface area contributed by atoms with E-state index in [1.165, 1.54) is 5.56 Å². The second kappa shape index (κ2) is 9.08. The summed E-state index contributed by atoms with van der Waals surface area (Å²) in [6.45, 7) is 3.34. The van der Waals surface area contributed by atoms with Gasteiger partial charge in [-0.2, -0.15) is 0 Å². The van der Waals surface area contributed by atoms with E-state index in [2.05, 4.69) is 34.6 Å². The molecule has 1 fully saturated rings. The smallest absolute Gasteiger partial charge is 0.219 e. The third-order valence-electron chi connectivity index (χ3n) is 5.21. The van der Waals surface area contributed by atoms with Gasteiger partial charge in [-0.3, -0.25) is 9.78 Å². The Morgan fingerprint density at radius 2 is 2.00 bits per heavy atom. The third kappa shape index (κ3) is 4.53. The fourth-order valence-electron chi connectivity index (χ4n) is 3.69. The molecule has 2 heterocycles. The number of pyridine rings is 1. The SMILES string of the molecule is COCCN(C[C@H]1N[C@H](CO)[C@@H]1c1ccc(-c2cccnc2)cc1)C(C)=O. The van der Waals surface area contributed by atoms with Crippen molar-refractivity contribution in [3.63, 3.8) is 0 Å². The Hall–Kier alpha value is -2.28. The zero-order chi connectivity index (χ0) is 19.2. The Balaban J connectivity index is 1.73. The Morgan fingerprint density at radius 1 is 1.22 bits per heavy atom. The fourth-order valence-corrected chi connectivity index (χ4v) is 3.69. The van der Waals surface area contributed by atoms with E-state index in [1.54, 1.807) is 25.1 Å². The number of aliphatic hydroxyl groups is 1. The van der Waals surface area contributed by atoms with Gasteiger partial charge in [0.1, 0.15) is 0 Å². The van der Waals surface area contributed by atoms with Crippen molar-refractivity contribution >= 4 is 5.91 Å². The number of nitrogens with zero attached hydrogens (tertiary/aromatic N) is 2. The van der Waals surface area contributed by atoms with Crippen LogP contribution in [-0.2, 0) is 9.53 Å². The van der Waals surface area contributed by atoms with Gasteiger partial charge in [-0.05, 0) is 22.8 Å². The molecular formula is C21H27N3O3. The summed E-state index contributed by atoms with van der Waals surface area (Å²) in [5.74, 6) is 0.203. The maximum Gasteiger partial charge on any atom is 0.219 e. The molecule has 2 N–H and O–H groups in total. The molecule has 1 aromatic carbocycles. The molecular weight excluding hydrogens is 342 g/mol. The second-order valence-electron chi connectivity index (χ2n) is 6.91. The van der Waals surface area contributed by atoms with Gasteiger partial charge in [0.25, 0.3) is 0 Å². The lowest BCUT2D eigenvalue weighted by atomic mass is 9.77. The van der Waals surface area contributed by atoms with Crippen molar-refractivity contribution in [3.8, 4) is 11.1 Å². The maximum absolute atomic E-state index is 11.9. The average molecular weight is 369 g/mol. The van der Waals surface area contributed by atoms with Gasteiger partial charge in [-0.1, -0.05) is 30.3 Å². The first-order valence-electron chi connectivity index (χ1n) is 9.25. The Kier molecular flexibility index (Phi) is 6.55. The molecule has 0 spiro atoms. The Bertz CT molecular complexity index is 736. The van der Waals surface area contributed by atoms with E-state index in [0.717, 1.165) is 11.1 Å². The van der Waals surface area contributed by atoms with Crippen LogP contribution in [0.2, 0.25) is 0 Å². The summed E-state index contributed by atoms with van der Waals surface area (Å²) < 4.78 is 5.11. The number of benzene rings is 1. The van der Waals surface area contributed by atoms with Gasteiger partial charge in [0.15, 0.2) is 0 Å². The summed E-state index contributed by atoms with van der Waals surface area (Å²) in [4.78, 5) is 17.9. The van der Waals surface area contributed by atoms with Crippen molar-refractivity contribution in [2.24, 2.45) is 0 Å². The highest BCUT2D eigenvalue weighted by atomic mass is 16.5. The van der Waals surface area contributed by atoms with Crippen LogP contribution in [0.1, 0.15) is 18.4 Å². The molecule has 0 saturated carbocycles. The molecule has 1 aliphatic heterocycles. The first-order chi connectivity index (χ1) is 13.1. The van der Waals surface area contributed by atoms with Crippen LogP contribution in [0.5, 0.6) is 0 Å². The topological polar surface area (TPSA) is 74.7 Å². The van der Waals surface area contributed by atoms with Gasteiger partial charge in [-0.15, -0.1) is 0 Å². The third-order valence-corrected chi connectivity index (χ3v) is 5.21. The van der Waals surface area contributed by atoms with Crippen LogP contribution in [-0.4, -0.2) is 66.4 Å². The lowest BCUT2D eigenvalue weighted by Crippen LogP contribution is -2.65. The summed E-state index contributed by atoms with van der Waals surface area (Å²) in [5.41, 5.74) is 3.36. The highest BCUT2D eigenvalue weighted by Crippen LogP contribution is 2.33. The Morgan fingerprint density at radius 3 is 2.59 bits per heavy atom. The number of carbonyl (C=O) groups is 1. The number of aromatic nitrogens is 1. The van der Waals surface area contributed by atoms with E-state index < -0.39 is 0 Å². The molecule has 1 aromatic heterocycles. The van der Waals surface area contributed by atoms with Gasteiger partial charge < -0.3 is 20.1 Å². The first-order valence-corrected chi connectivity index (χ1v) is 9.25. The van der Waals surface area contributed by atoms with E-state index in [1.807, 2.05) is 18.3 Å². The second-order valence-corrected chi connectivity index (χ2v) is 6.91. The molecule has 2 aromatic rings. The maximum atomic E-state index is 11.9. The molecule has 0 aliphatic carbocycles. The molecule has 1 amide bonds. The molecule has 3 rings (SSSR count). The predicted molar refractivity (Wildman–Crippen MR) is 104 cm³/mol. The highest BCUT2D eigenvalue weighted by molar-refractivity contribution is 5.73. The molecule has 6 nitrogen and oxygen atoms in total. The summed E-state index contributed by atoms with van der Waals surface area (Å²) >= 11 is 0. The minimum atomic E-state index is 0.00970. The number of ether oxygens (including phenoxy) is 1. The molecule has 1 aliphatic rings. The van der Waals surface area contributed by atoms with Crippen LogP contribution in [0, 0.1) is 0 Å². The molecule has 6 heteroatoms. The average Bonchev–Trinajstić information content (AvgIpc) is 2.68. The zero-order valence-electron chi connectivity index (χ0n) is 15.8. The monoisotopic (exact) mass is 369 g/mol. The normalized spacial score (nSPS) is 21.5. The molecule has 1 saturated heterocycles. The van der Waals surface area contributed by atoms with Gasteiger partial charge in [0.05, 0.1) is 13.2 Å². The molecule has 3 atom stereocenters. The highest BCUT2D eigenvalue weighted by Gasteiger charge is 2.41. The number of amides is 1. The summed E-state index contributed by atoms with van der Waals surface area (Å²) in [6.07, 6.45) is 3.61. The summed E-state index contributed by atoms with van der Waals surface area (Å²) in [6, 6.07) is 12.5. The molecule has 0 unspecified atom stereocenters. The zero-order valence-corrected chi connectivity index (χ0v) is 15.8. The van der Waals surface area contributed by atoms with E-state index in [4.69, 9.17) is 4.74 Å². The van der Waals surface area contributed by atoms with Crippen LogP contribution < -0.4 is 5.32 Å². The number of methoxy groups -OCH3 is 1. The minimum Gasteiger partial charge on any atom is -0.395 e. The minimum absolute atomic E-state index is 0.00970. The van der Waals surface area contributed by atoms with Gasteiger partial charge in [0.2, 0.25) is 5.91 Å². The van der Waals surface area contributed by atoms with Crippen molar-refractivity contribution in [1.82, 2.24) is 15.2 Å². The van der Waals surface area contributed by atoms with Crippen molar-refractivity contribution in [2.75, 3.05) is 33.4 Å². The van der Waals surface area contributed by atoms with Crippen molar-refractivity contribution in [1.29, 1.82) is 0 Å². The quantitative estimate of drug-likeness (QED) is 0.740. The number of carbonyl (C=O) groups excluding carboxylic acids is 1. The summed E-state index contributed by atoms with van der Waals surface area (Å²) in [7, 11) is 1.63. The Labute approximate surface area is 160 Å². The number of hydrogen-bond donors (Lipinski definition) is 2. The van der Waals surface area contributed by atoms with Gasteiger partial charge in [0, 0.05) is 57.5 Å². The van der Waals surface area contributed by atoms with E-state index >= 15 is 0 Å². The van der Waals surface area contributed by atoms with Crippen molar-refractivity contribution in [3.05, 3.63) is 54.4 Å². The molecule has 0 radical (unpaired) electrons. The number of aliphatic hydroxyl groups excluding tert-OH is 1. The first kappa shape index (κ1) is 19.5. The van der Waals surface area contributed by atoms with Crippen LogP contribution in [0.25, 0.3) is 11.1 Å². The van der Waals surface area contributed by atoms with Gasteiger partial charge >= 0.3 is 0 Å². The lowest BCUT2D eigenvalue weighted by Gasteiger charge is -2.47. The van der Waals surface area contributed by atoms with Crippen molar-refractivity contribution < 1.29 is 14.6 Å². The van der Waals surface area contributed by atoms with Crippen molar-refractivity contribution in [2.45, 2.75) is 24.9 Å². The molecule has 0 bridgehead atoms. The predicted octanol–water partition coefficient (Wildman–Crippen LogP) is 1.66. The lowest BCUT2D eigenvalue weighted by molar-refractivity contribution is -0.130. The molecule has 27 heavy (non-hydrogen) atoms. The largest absolute Gasteiger partial charge is 0.395 e. The van der Waals surface area contributed by atoms with Gasteiger partial charge in [-0.25, -0.2) is 0 Å². The number of nitrogens with one attached hydrogen (secondary N) is 1. The number of hydrogen-bond acceptors (Lipinski definition) is 5. The summed E-state index contributed by atoms with van der Waals surface area (Å²) in [5, 5.41) is 13.1. The van der Waals surface area contributed by atoms with E-state index in [9.17, 15) is 9.90 Å². The van der Waals surface area contributed by atoms with Crippen LogP contribution in [0.4, 0.5) is 0 Å². The fraction of sp³-hybridized carbons (Fsp3) is 0.429. The van der Waals surface area contributed by atoms with E-state index in [-0.39, 0.29) is 30.5 Å². The number of rotatable bonds is 8. The van der Waals surface area contributed by atoms with Crippen LogP contribution in [0.3, 0.4) is 0 Å².